The van der Waals surface area contributed by atoms with Crippen molar-refractivity contribution < 1.29 is 4.39 Å². The lowest BCUT2D eigenvalue weighted by Crippen LogP contribution is -2.42. The summed E-state index contributed by atoms with van der Waals surface area (Å²) in [5.74, 6) is 2.40. The lowest BCUT2D eigenvalue weighted by Gasteiger charge is -2.38. The first kappa shape index (κ1) is 15.0. The number of hydrogen-bond donors (Lipinski definition) is 1. The lowest BCUT2D eigenvalue weighted by atomic mass is 9.75. The average Bonchev–Trinajstić information content (AvgIpc) is 2.48. The summed E-state index contributed by atoms with van der Waals surface area (Å²) in [7, 11) is 0. The summed E-state index contributed by atoms with van der Waals surface area (Å²) in [6.45, 7) is 3.53. The Hall–Kier alpha value is -0.890. The Bertz CT molecular complexity index is 427. The molecule has 0 atom stereocenters. The Balaban J connectivity index is 1.35. The van der Waals surface area contributed by atoms with Crippen LogP contribution in [-0.4, -0.2) is 12.6 Å². The van der Waals surface area contributed by atoms with Crippen molar-refractivity contribution >= 4 is 0 Å². The van der Waals surface area contributed by atoms with Gasteiger partial charge in [0, 0.05) is 6.04 Å². The van der Waals surface area contributed by atoms with E-state index < -0.39 is 0 Å². The molecule has 1 aromatic rings. The fourth-order valence-electron chi connectivity index (χ4n) is 3.97. The van der Waals surface area contributed by atoms with E-state index in [1.54, 1.807) is 12.1 Å². The molecule has 0 aromatic heterocycles. The minimum absolute atomic E-state index is 0.129. The van der Waals surface area contributed by atoms with Gasteiger partial charge < -0.3 is 5.32 Å². The molecule has 1 aromatic carbocycles. The molecule has 3 rings (SSSR count). The normalized spacial score (nSPS) is 32.7. The third kappa shape index (κ3) is 3.85. The van der Waals surface area contributed by atoms with E-state index in [-0.39, 0.29) is 5.82 Å². The molecule has 2 aliphatic carbocycles. The van der Waals surface area contributed by atoms with Crippen LogP contribution in [0.2, 0.25) is 0 Å². The van der Waals surface area contributed by atoms with E-state index in [0.717, 1.165) is 11.8 Å². The first-order valence-corrected chi connectivity index (χ1v) is 8.73. The number of nitrogens with one attached hydrogen (secondary N) is 1. The summed E-state index contributed by atoms with van der Waals surface area (Å²) in [4.78, 5) is 0. The van der Waals surface area contributed by atoms with Gasteiger partial charge in [0.25, 0.3) is 0 Å². The van der Waals surface area contributed by atoms with Gasteiger partial charge in [-0.15, -0.1) is 0 Å². The van der Waals surface area contributed by atoms with Crippen LogP contribution in [0, 0.1) is 17.7 Å². The van der Waals surface area contributed by atoms with Crippen LogP contribution in [0.3, 0.4) is 0 Å². The minimum Gasteiger partial charge on any atom is -0.314 e. The Morgan fingerprint density at radius 1 is 1.00 bits per heavy atom. The second-order valence-corrected chi connectivity index (χ2v) is 7.12. The highest BCUT2D eigenvalue weighted by atomic mass is 19.1. The Morgan fingerprint density at radius 2 is 1.62 bits per heavy atom. The van der Waals surface area contributed by atoms with Crippen LogP contribution in [0.25, 0.3) is 0 Å². The molecule has 0 amide bonds. The third-order valence-corrected chi connectivity index (χ3v) is 5.72. The summed E-state index contributed by atoms with van der Waals surface area (Å²) >= 11 is 0. The van der Waals surface area contributed by atoms with Gasteiger partial charge in [0.15, 0.2) is 0 Å². The molecule has 0 radical (unpaired) electrons. The number of benzene rings is 1. The first-order valence-electron chi connectivity index (χ1n) is 8.73. The van der Waals surface area contributed by atoms with Crippen LogP contribution in [0.1, 0.15) is 63.4 Å². The number of hydrogen-bond acceptors (Lipinski definition) is 1. The molecule has 21 heavy (non-hydrogen) atoms. The highest BCUT2D eigenvalue weighted by Crippen LogP contribution is 2.37. The van der Waals surface area contributed by atoms with Gasteiger partial charge in [0.05, 0.1) is 0 Å². The van der Waals surface area contributed by atoms with E-state index in [1.165, 1.54) is 57.1 Å². The fraction of sp³-hybridized carbons (Fsp3) is 0.684. The summed E-state index contributed by atoms with van der Waals surface area (Å²) in [6, 6.07) is 7.75. The van der Waals surface area contributed by atoms with Gasteiger partial charge in [-0.1, -0.05) is 38.3 Å². The van der Waals surface area contributed by atoms with Crippen molar-refractivity contribution in [2.75, 3.05) is 6.54 Å². The predicted molar refractivity (Wildman–Crippen MR) is 85.9 cm³/mol. The van der Waals surface area contributed by atoms with E-state index in [9.17, 15) is 4.39 Å². The van der Waals surface area contributed by atoms with Crippen molar-refractivity contribution in [1.29, 1.82) is 0 Å². The van der Waals surface area contributed by atoms with Gasteiger partial charge in [0.2, 0.25) is 0 Å². The summed E-state index contributed by atoms with van der Waals surface area (Å²) in [5.41, 5.74) is 1.30. The van der Waals surface area contributed by atoms with Crippen molar-refractivity contribution in [3.05, 3.63) is 35.6 Å². The zero-order chi connectivity index (χ0) is 14.7. The predicted octanol–water partition coefficient (Wildman–Crippen LogP) is 4.88. The minimum atomic E-state index is -0.129. The maximum absolute atomic E-state index is 12.9. The zero-order valence-electron chi connectivity index (χ0n) is 13.2. The van der Waals surface area contributed by atoms with Crippen LogP contribution in [-0.2, 0) is 0 Å². The van der Waals surface area contributed by atoms with Crippen LogP contribution in [0.5, 0.6) is 0 Å². The Kier molecular flexibility index (Phi) is 4.95. The standard InChI is InChI=1S/C19H28FN/c1-2-14-3-5-15(6-4-14)13-21-19-11-17(12-19)16-7-9-18(20)10-8-16/h7-10,14-15,17,19,21H,2-6,11-13H2,1H3. The molecule has 116 valence electrons. The fourth-order valence-corrected chi connectivity index (χ4v) is 3.97. The SMILES string of the molecule is CCC1CCC(CNC2CC(c3ccc(F)cc3)C2)CC1. The van der Waals surface area contributed by atoms with Gasteiger partial charge in [-0.3, -0.25) is 0 Å². The van der Waals surface area contributed by atoms with Crippen molar-refractivity contribution in [2.45, 2.75) is 63.8 Å². The molecule has 2 heteroatoms. The lowest BCUT2D eigenvalue weighted by molar-refractivity contribution is 0.228. The van der Waals surface area contributed by atoms with Gasteiger partial charge in [-0.25, -0.2) is 4.39 Å². The number of halogens is 1. The van der Waals surface area contributed by atoms with E-state index in [4.69, 9.17) is 0 Å². The average molecular weight is 289 g/mol. The Morgan fingerprint density at radius 3 is 2.24 bits per heavy atom. The van der Waals surface area contributed by atoms with Crippen molar-refractivity contribution in [1.82, 2.24) is 5.32 Å². The van der Waals surface area contributed by atoms with Gasteiger partial charge in [-0.2, -0.15) is 0 Å². The van der Waals surface area contributed by atoms with Gasteiger partial charge >= 0.3 is 0 Å². The van der Waals surface area contributed by atoms with E-state index in [0.29, 0.717) is 12.0 Å². The molecule has 0 bridgehead atoms. The molecule has 0 aliphatic heterocycles. The smallest absolute Gasteiger partial charge is 0.123 e. The molecular formula is C19H28FN. The van der Waals surface area contributed by atoms with Crippen LogP contribution >= 0.6 is 0 Å². The second-order valence-electron chi connectivity index (χ2n) is 7.12. The second kappa shape index (κ2) is 6.91. The van der Waals surface area contributed by atoms with Crippen molar-refractivity contribution in [3.63, 3.8) is 0 Å². The summed E-state index contributed by atoms with van der Waals surface area (Å²) < 4.78 is 12.9. The zero-order valence-corrected chi connectivity index (χ0v) is 13.2. The van der Waals surface area contributed by atoms with Crippen LogP contribution < -0.4 is 5.32 Å². The van der Waals surface area contributed by atoms with E-state index in [2.05, 4.69) is 12.2 Å². The molecule has 0 unspecified atom stereocenters. The molecule has 2 aliphatic rings. The molecule has 0 heterocycles. The molecule has 0 saturated heterocycles. The highest BCUT2D eigenvalue weighted by molar-refractivity contribution is 5.23. The first-order chi connectivity index (χ1) is 10.2. The maximum Gasteiger partial charge on any atom is 0.123 e. The monoisotopic (exact) mass is 289 g/mol. The summed E-state index contributed by atoms with van der Waals surface area (Å²) in [5, 5.41) is 3.76. The van der Waals surface area contributed by atoms with Crippen LogP contribution in [0.15, 0.2) is 24.3 Å². The highest BCUT2D eigenvalue weighted by Gasteiger charge is 2.30. The molecule has 1 N–H and O–H groups in total. The van der Waals surface area contributed by atoms with Crippen LogP contribution in [0.4, 0.5) is 4.39 Å². The molecular weight excluding hydrogens is 261 g/mol. The third-order valence-electron chi connectivity index (χ3n) is 5.72. The Labute approximate surface area is 128 Å². The molecule has 2 saturated carbocycles. The van der Waals surface area contributed by atoms with Crippen molar-refractivity contribution in [2.24, 2.45) is 11.8 Å². The van der Waals surface area contributed by atoms with Crippen molar-refractivity contribution in [3.8, 4) is 0 Å². The van der Waals surface area contributed by atoms with Gasteiger partial charge in [-0.05, 0) is 67.7 Å². The van der Waals surface area contributed by atoms with E-state index >= 15 is 0 Å². The quantitative estimate of drug-likeness (QED) is 0.814. The topological polar surface area (TPSA) is 12.0 Å². The molecule has 2 fully saturated rings. The molecule has 0 spiro atoms. The van der Waals surface area contributed by atoms with E-state index in [1.807, 2.05) is 12.1 Å². The van der Waals surface area contributed by atoms with Gasteiger partial charge in [0.1, 0.15) is 5.82 Å². The molecule has 1 nitrogen and oxygen atoms in total. The number of rotatable bonds is 5. The largest absolute Gasteiger partial charge is 0.314 e. The maximum atomic E-state index is 12.9. The summed E-state index contributed by atoms with van der Waals surface area (Å²) in [6.07, 6.45) is 9.50.